The molecular formula is C18H33N3O4S. The van der Waals surface area contributed by atoms with Crippen LogP contribution in [0.5, 0.6) is 0 Å². The van der Waals surface area contributed by atoms with E-state index in [-0.39, 0.29) is 6.03 Å². The minimum absolute atomic E-state index is 0.0444. The van der Waals surface area contributed by atoms with E-state index in [1.165, 1.54) is 23.4 Å². The zero-order valence-electron chi connectivity index (χ0n) is 15.9. The van der Waals surface area contributed by atoms with Gasteiger partial charge in [-0.25, -0.2) is 17.5 Å². The lowest BCUT2D eigenvalue weighted by Crippen LogP contribution is -2.48. The topological polar surface area (TPSA) is 79.0 Å². The maximum absolute atomic E-state index is 12.5. The molecule has 150 valence electrons. The molecule has 0 radical (unpaired) electrons. The van der Waals surface area contributed by atoms with Crippen molar-refractivity contribution in [1.82, 2.24) is 14.5 Å². The number of likely N-dealkylation sites (tertiary alicyclic amines) is 1. The van der Waals surface area contributed by atoms with Crippen LogP contribution in [-0.4, -0.2) is 75.8 Å². The average molecular weight is 388 g/mol. The molecule has 2 atom stereocenters. The van der Waals surface area contributed by atoms with Crippen molar-refractivity contribution in [1.29, 1.82) is 0 Å². The number of carbonyl (C=O) groups excluding carboxylic acids is 1. The van der Waals surface area contributed by atoms with Crippen LogP contribution in [-0.2, 0) is 14.8 Å². The maximum atomic E-state index is 12.5. The van der Waals surface area contributed by atoms with Crippen molar-refractivity contribution in [3.63, 3.8) is 0 Å². The Morgan fingerprint density at radius 1 is 1.08 bits per heavy atom. The number of rotatable bonds is 5. The van der Waals surface area contributed by atoms with Crippen LogP contribution in [0.4, 0.5) is 4.79 Å². The third-order valence-electron chi connectivity index (χ3n) is 6.08. The number of hydrogen-bond acceptors (Lipinski definition) is 4. The number of urea groups is 1. The molecule has 2 amide bonds. The first-order valence-electron chi connectivity index (χ1n) is 9.97. The van der Waals surface area contributed by atoms with Crippen LogP contribution in [0.3, 0.4) is 0 Å². The summed E-state index contributed by atoms with van der Waals surface area (Å²) in [5.41, 5.74) is 0. The Morgan fingerprint density at radius 3 is 2.50 bits per heavy atom. The molecule has 0 bridgehead atoms. The predicted molar refractivity (Wildman–Crippen MR) is 100 cm³/mol. The monoisotopic (exact) mass is 387 g/mol. The first kappa shape index (κ1) is 19.9. The van der Waals surface area contributed by atoms with Crippen molar-refractivity contribution in [2.45, 2.75) is 38.5 Å². The van der Waals surface area contributed by atoms with Crippen molar-refractivity contribution in [2.24, 2.45) is 17.8 Å². The SMILES string of the molecule is CS(=O)(=O)N1CCC(CNC(=O)N2CCCC(CC3CCOC3)C2)CC1. The predicted octanol–water partition coefficient (Wildman–Crippen LogP) is 1.51. The second-order valence-electron chi connectivity index (χ2n) is 8.21. The highest BCUT2D eigenvalue weighted by molar-refractivity contribution is 7.88. The molecule has 0 aromatic rings. The normalized spacial score (nSPS) is 29.0. The summed E-state index contributed by atoms with van der Waals surface area (Å²) in [4.78, 5) is 14.5. The third-order valence-corrected chi connectivity index (χ3v) is 7.38. The van der Waals surface area contributed by atoms with E-state index in [1.54, 1.807) is 0 Å². The van der Waals surface area contributed by atoms with Gasteiger partial charge in [0.25, 0.3) is 0 Å². The summed E-state index contributed by atoms with van der Waals surface area (Å²) in [6.45, 7) is 5.25. The summed E-state index contributed by atoms with van der Waals surface area (Å²) in [6, 6.07) is 0.0444. The number of amides is 2. The van der Waals surface area contributed by atoms with Crippen molar-refractivity contribution in [3.05, 3.63) is 0 Å². The fourth-order valence-electron chi connectivity index (χ4n) is 4.47. The number of hydrogen-bond donors (Lipinski definition) is 1. The molecule has 0 aromatic heterocycles. The average Bonchev–Trinajstić information content (AvgIpc) is 3.12. The molecule has 0 aliphatic carbocycles. The highest BCUT2D eigenvalue weighted by Crippen LogP contribution is 2.27. The van der Waals surface area contributed by atoms with Crippen LogP contribution < -0.4 is 5.32 Å². The summed E-state index contributed by atoms with van der Waals surface area (Å²) >= 11 is 0. The molecule has 8 heteroatoms. The van der Waals surface area contributed by atoms with Gasteiger partial charge in [-0.05, 0) is 56.3 Å². The van der Waals surface area contributed by atoms with Crippen molar-refractivity contribution in [2.75, 3.05) is 52.2 Å². The first-order chi connectivity index (χ1) is 12.4. The van der Waals surface area contributed by atoms with E-state index in [0.717, 1.165) is 52.0 Å². The van der Waals surface area contributed by atoms with Gasteiger partial charge in [0.15, 0.2) is 0 Å². The van der Waals surface area contributed by atoms with E-state index in [0.29, 0.717) is 37.4 Å². The minimum Gasteiger partial charge on any atom is -0.381 e. The molecule has 0 spiro atoms. The van der Waals surface area contributed by atoms with Crippen molar-refractivity contribution < 1.29 is 17.9 Å². The van der Waals surface area contributed by atoms with Crippen LogP contribution in [0.25, 0.3) is 0 Å². The van der Waals surface area contributed by atoms with E-state index < -0.39 is 10.0 Å². The van der Waals surface area contributed by atoms with Crippen LogP contribution in [0, 0.1) is 17.8 Å². The molecule has 3 heterocycles. The minimum atomic E-state index is -3.09. The Hall–Kier alpha value is -0.860. The van der Waals surface area contributed by atoms with Gasteiger partial charge in [0, 0.05) is 45.9 Å². The summed E-state index contributed by atoms with van der Waals surface area (Å²) in [6.07, 6.45) is 7.53. The van der Waals surface area contributed by atoms with E-state index in [1.807, 2.05) is 4.90 Å². The molecule has 3 aliphatic heterocycles. The van der Waals surface area contributed by atoms with Gasteiger partial charge in [-0.15, -0.1) is 0 Å². The van der Waals surface area contributed by atoms with Crippen LogP contribution >= 0.6 is 0 Å². The number of nitrogens with zero attached hydrogens (tertiary/aromatic N) is 2. The molecule has 0 aromatic carbocycles. The molecule has 0 saturated carbocycles. The number of piperidine rings is 2. The highest BCUT2D eigenvalue weighted by Gasteiger charge is 2.29. The molecule has 26 heavy (non-hydrogen) atoms. The smallest absolute Gasteiger partial charge is 0.317 e. The molecule has 3 aliphatic rings. The Bertz CT molecular complexity index is 569. The lowest BCUT2D eigenvalue weighted by molar-refractivity contribution is 0.144. The van der Waals surface area contributed by atoms with E-state index in [9.17, 15) is 13.2 Å². The number of ether oxygens (including phenoxy) is 1. The van der Waals surface area contributed by atoms with E-state index >= 15 is 0 Å². The van der Waals surface area contributed by atoms with E-state index in [4.69, 9.17) is 4.74 Å². The van der Waals surface area contributed by atoms with Crippen molar-refractivity contribution >= 4 is 16.1 Å². The second-order valence-corrected chi connectivity index (χ2v) is 10.2. The van der Waals surface area contributed by atoms with Gasteiger partial charge >= 0.3 is 6.03 Å². The zero-order chi connectivity index (χ0) is 18.6. The Balaban J connectivity index is 1.38. The third kappa shape index (κ3) is 5.57. The largest absolute Gasteiger partial charge is 0.381 e. The van der Waals surface area contributed by atoms with Crippen molar-refractivity contribution in [3.8, 4) is 0 Å². The summed E-state index contributed by atoms with van der Waals surface area (Å²) in [5.74, 6) is 1.63. The Morgan fingerprint density at radius 2 is 1.85 bits per heavy atom. The first-order valence-corrected chi connectivity index (χ1v) is 11.8. The number of carbonyl (C=O) groups is 1. The molecule has 3 rings (SSSR count). The summed E-state index contributed by atoms with van der Waals surface area (Å²) in [7, 11) is -3.09. The van der Waals surface area contributed by atoms with Crippen LogP contribution in [0.15, 0.2) is 0 Å². The van der Waals surface area contributed by atoms with E-state index in [2.05, 4.69) is 5.32 Å². The molecule has 7 nitrogen and oxygen atoms in total. The van der Waals surface area contributed by atoms with Gasteiger partial charge in [0.2, 0.25) is 10.0 Å². The van der Waals surface area contributed by atoms with Gasteiger partial charge in [-0.2, -0.15) is 0 Å². The van der Waals surface area contributed by atoms with Gasteiger partial charge in [0.05, 0.1) is 6.26 Å². The quantitative estimate of drug-likeness (QED) is 0.775. The summed E-state index contributed by atoms with van der Waals surface area (Å²) < 4.78 is 30.1. The lowest BCUT2D eigenvalue weighted by Gasteiger charge is -2.35. The zero-order valence-corrected chi connectivity index (χ0v) is 16.7. The fraction of sp³-hybridized carbons (Fsp3) is 0.944. The van der Waals surface area contributed by atoms with Gasteiger partial charge in [0.1, 0.15) is 0 Å². The van der Waals surface area contributed by atoms with Gasteiger partial charge in [-0.1, -0.05) is 0 Å². The van der Waals surface area contributed by atoms with Gasteiger partial charge < -0.3 is 15.0 Å². The summed E-state index contributed by atoms with van der Waals surface area (Å²) in [5, 5.41) is 3.08. The molecule has 2 unspecified atom stereocenters. The molecule has 3 fully saturated rings. The lowest BCUT2D eigenvalue weighted by atomic mass is 9.88. The van der Waals surface area contributed by atoms with Crippen LogP contribution in [0.2, 0.25) is 0 Å². The Kier molecular flexibility index (Phi) is 6.80. The van der Waals surface area contributed by atoms with Gasteiger partial charge in [-0.3, -0.25) is 0 Å². The van der Waals surface area contributed by atoms with Crippen LogP contribution in [0.1, 0.15) is 38.5 Å². The fourth-order valence-corrected chi connectivity index (χ4v) is 5.35. The number of nitrogens with one attached hydrogen (secondary N) is 1. The molecule has 1 N–H and O–H groups in total. The molecule has 3 saturated heterocycles. The highest BCUT2D eigenvalue weighted by atomic mass is 32.2. The second kappa shape index (κ2) is 8.89. The molecular weight excluding hydrogens is 354 g/mol. The maximum Gasteiger partial charge on any atom is 0.317 e. The Labute approximate surface area is 157 Å². The standard InChI is InChI=1S/C18H33N3O4S/c1-26(23,24)21-8-4-15(5-9-21)12-19-18(22)20-7-2-3-16(13-20)11-17-6-10-25-14-17/h15-17H,2-14H2,1H3,(H,19,22). The number of sulfonamides is 1.